The standard InChI is InChI=1S/C4H7NO4S2/c6-3-1-10-11-2-4(3)9-5(7)8/h3-4,6H,1-2H2. The molecule has 1 rings (SSSR count). The highest BCUT2D eigenvalue weighted by Gasteiger charge is 2.27. The second kappa shape index (κ2) is 4.03. The molecular weight excluding hydrogens is 190 g/mol. The van der Waals surface area contributed by atoms with Crippen LogP contribution in [0.5, 0.6) is 0 Å². The molecule has 64 valence electrons. The Morgan fingerprint density at radius 3 is 2.73 bits per heavy atom. The van der Waals surface area contributed by atoms with Crippen LogP contribution in [0.25, 0.3) is 0 Å². The molecule has 0 amide bonds. The molecule has 1 saturated heterocycles. The van der Waals surface area contributed by atoms with Crippen LogP contribution in [0, 0.1) is 10.1 Å². The summed E-state index contributed by atoms with van der Waals surface area (Å²) in [5, 5.41) is 18.2. The van der Waals surface area contributed by atoms with E-state index in [-0.39, 0.29) is 0 Å². The minimum atomic E-state index is -0.857. The predicted octanol–water partition coefficient (Wildman–Crippen LogP) is 0.319. The molecule has 1 N–H and O–H groups in total. The minimum absolute atomic E-state index is 0.465. The van der Waals surface area contributed by atoms with Gasteiger partial charge in [-0.25, -0.2) is 0 Å². The zero-order chi connectivity index (χ0) is 8.27. The smallest absolute Gasteiger partial charge is 0.294 e. The molecule has 1 aliphatic rings. The summed E-state index contributed by atoms with van der Waals surface area (Å²) in [4.78, 5) is 14.1. The van der Waals surface area contributed by atoms with E-state index in [0.717, 1.165) is 0 Å². The van der Waals surface area contributed by atoms with Gasteiger partial charge < -0.3 is 9.94 Å². The molecule has 0 spiro atoms. The molecule has 0 radical (unpaired) electrons. The SMILES string of the molecule is O=[N+]([O-])OC1CSSCC1O. The first-order chi connectivity index (χ1) is 5.20. The van der Waals surface area contributed by atoms with E-state index in [1.54, 1.807) is 0 Å². The Morgan fingerprint density at radius 2 is 2.18 bits per heavy atom. The van der Waals surface area contributed by atoms with Crippen molar-refractivity contribution in [1.82, 2.24) is 0 Å². The van der Waals surface area contributed by atoms with Crippen molar-refractivity contribution >= 4 is 21.6 Å². The molecule has 2 unspecified atom stereocenters. The zero-order valence-electron chi connectivity index (χ0n) is 5.50. The van der Waals surface area contributed by atoms with Gasteiger partial charge in [0.05, 0.1) is 6.10 Å². The highest BCUT2D eigenvalue weighted by molar-refractivity contribution is 8.76. The van der Waals surface area contributed by atoms with E-state index in [4.69, 9.17) is 5.11 Å². The summed E-state index contributed by atoms with van der Waals surface area (Å²) in [5.41, 5.74) is 0. The number of aliphatic hydroxyl groups excluding tert-OH is 1. The highest BCUT2D eigenvalue weighted by Crippen LogP contribution is 2.30. The Kier molecular flexibility index (Phi) is 3.28. The van der Waals surface area contributed by atoms with Gasteiger partial charge in [0.15, 0.2) is 0 Å². The monoisotopic (exact) mass is 197 g/mol. The Bertz CT molecular complexity index is 155. The normalized spacial score (nSPS) is 31.4. The van der Waals surface area contributed by atoms with Crippen molar-refractivity contribution in [2.75, 3.05) is 11.5 Å². The summed E-state index contributed by atoms with van der Waals surface area (Å²) in [7, 11) is 2.97. The quantitative estimate of drug-likeness (QED) is 0.390. The Balaban J connectivity index is 2.35. The van der Waals surface area contributed by atoms with E-state index in [1.165, 1.54) is 21.6 Å². The lowest BCUT2D eigenvalue weighted by atomic mass is 10.2. The first-order valence-electron chi connectivity index (χ1n) is 2.94. The van der Waals surface area contributed by atoms with Crippen LogP contribution in [0.2, 0.25) is 0 Å². The Labute approximate surface area is 71.0 Å². The number of hydrogen-bond donors (Lipinski definition) is 1. The topological polar surface area (TPSA) is 72.6 Å². The molecule has 0 aromatic carbocycles. The van der Waals surface area contributed by atoms with Gasteiger partial charge in [0.1, 0.15) is 6.10 Å². The third kappa shape index (κ3) is 2.76. The summed E-state index contributed by atoms with van der Waals surface area (Å²) in [6.07, 6.45) is -1.37. The van der Waals surface area contributed by atoms with Crippen LogP contribution >= 0.6 is 21.6 Å². The van der Waals surface area contributed by atoms with Gasteiger partial charge in [-0.1, -0.05) is 21.6 Å². The van der Waals surface area contributed by atoms with Gasteiger partial charge in [-0.3, -0.25) is 0 Å². The lowest BCUT2D eigenvalue weighted by Crippen LogP contribution is -2.36. The van der Waals surface area contributed by atoms with Crippen molar-refractivity contribution in [2.45, 2.75) is 12.2 Å². The van der Waals surface area contributed by atoms with Gasteiger partial charge in [0.2, 0.25) is 0 Å². The summed E-state index contributed by atoms with van der Waals surface area (Å²) in [6, 6.07) is 0. The van der Waals surface area contributed by atoms with Crippen molar-refractivity contribution in [3.63, 3.8) is 0 Å². The van der Waals surface area contributed by atoms with Crippen LogP contribution in [0.4, 0.5) is 0 Å². The maximum Gasteiger partial charge on any atom is 0.294 e. The van der Waals surface area contributed by atoms with Crippen LogP contribution in [-0.2, 0) is 4.84 Å². The maximum absolute atomic E-state index is 9.87. The predicted molar refractivity (Wildman–Crippen MR) is 42.8 cm³/mol. The molecule has 1 aliphatic heterocycles. The van der Waals surface area contributed by atoms with Crippen LogP contribution in [-0.4, -0.2) is 33.9 Å². The van der Waals surface area contributed by atoms with Crippen molar-refractivity contribution < 1.29 is 15.0 Å². The fraction of sp³-hybridized carbons (Fsp3) is 1.00. The fourth-order valence-electron chi connectivity index (χ4n) is 0.663. The summed E-state index contributed by atoms with van der Waals surface area (Å²) in [6.45, 7) is 0. The average Bonchev–Trinajstić information content (AvgIpc) is 1.93. The molecule has 0 aromatic rings. The molecule has 1 heterocycles. The van der Waals surface area contributed by atoms with Gasteiger partial charge in [-0.2, -0.15) is 0 Å². The van der Waals surface area contributed by atoms with E-state index < -0.39 is 17.3 Å². The van der Waals surface area contributed by atoms with E-state index in [2.05, 4.69) is 4.84 Å². The third-order valence-electron chi connectivity index (χ3n) is 1.21. The second-order valence-corrected chi connectivity index (χ2v) is 4.56. The lowest BCUT2D eigenvalue weighted by molar-refractivity contribution is -0.769. The molecule has 0 bridgehead atoms. The van der Waals surface area contributed by atoms with Gasteiger partial charge in [-0.15, -0.1) is 10.1 Å². The Morgan fingerprint density at radius 1 is 1.55 bits per heavy atom. The van der Waals surface area contributed by atoms with Gasteiger partial charge in [-0.05, 0) is 0 Å². The molecule has 0 aliphatic carbocycles. The molecule has 5 nitrogen and oxygen atoms in total. The van der Waals surface area contributed by atoms with Crippen LogP contribution in [0.1, 0.15) is 0 Å². The van der Waals surface area contributed by atoms with Crippen molar-refractivity contribution in [2.24, 2.45) is 0 Å². The van der Waals surface area contributed by atoms with Gasteiger partial charge >= 0.3 is 0 Å². The van der Waals surface area contributed by atoms with E-state index >= 15 is 0 Å². The Hall–Kier alpha value is -0.140. The van der Waals surface area contributed by atoms with E-state index in [0.29, 0.717) is 11.5 Å². The van der Waals surface area contributed by atoms with E-state index in [9.17, 15) is 10.1 Å². The van der Waals surface area contributed by atoms with Gasteiger partial charge in [0, 0.05) is 11.5 Å². The largest absolute Gasteiger partial charge is 0.390 e. The number of hydrogen-bond acceptors (Lipinski definition) is 6. The second-order valence-electron chi connectivity index (χ2n) is 2.00. The molecule has 11 heavy (non-hydrogen) atoms. The maximum atomic E-state index is 9.87. The van der Waals surface area contributed by atoms with Crippen molar-refractivity contribution in [3.8, 4) is 0 Å². The van der Waals surface area contributed by atoms with Crippen molar-refractivity contribution in [1.29, 1.82) is 0 Å². The highest BCUT2D eigenvalue weighted by atomic mass is 33.1. The number of aliphatic hydroxyl groups is 1. The summed E-state index contributed by atoms with van der Waals surface area (Å²) >= 11 is 0. The fourth-order valence-corrected chi connectivity index (χ4v) is 3.02. The average molecular weight is 197 g/mol. The van der Waals surface area contributed by atoms with Crippen LogP contribution in [0.15, 0.2) is 0 Å². The lowest BCUT2D eigenvalue weighted by Gasteiger charge is -2.23. The molecule has 0 saturated carbocycles. The third-order valence-corrected chi connectivity index (χ3v) is 3.63. The molecular formula is C4H7NO4S2. The summed E-state index contributed by atoms with van der Waals surface area (Å²) in [5.74, 6) is 0.954. The van der Waals surface area contributed by atoms with Crippen molar-refractivity contribution in [3.05, 3.63) is 10.1 Å². The first kappa shape index (κ1) is 8.95. The molecule has 7 heteroatoms. The number of rotatable bonds is 2. The minimum Gasteiger partial charge on any atom is -0.390 e. The molecule has 1 fully saturated rings. The molecule has 0 aromatic heterocycles. The first-order valence-corrected chi connectivity index (χ1v) is 5.42. The number of nitrogens with zero attached hydrogens (tertiary/aromatic N) is 1. The van der Waals surface area contributed by atoms with Crippen LogP contribution in [0.3, 0.4) is 0 Å². The van der Waals surface area contributed by atoms with E-state index in [1.807, 2.05) is 0 Å². The zero-order valence-corrected chi connectivity index (χ0v) is 7.14. The van der Waals surface area contributed by atoms with Gasteiger partial charge in [0.25, 0.3) is 5.09 Å². The molecule has 2 atom stereocenters. The summed E-state index contributed by atoms with van der Waals surface area (Å²) < 4.78 is 0. The van der Waals surface area contributed by atoms with Crippen LogP contribution < -0.4 is 0 Å².